The molecule has 2 aromatic carbocycles. The Hall–Kier alpha value is -1.71. The van der Waals surface area contributed by atoms with Gasteiger partial charge in [0, 0.05) is 16.5 Å². The van der Waals surface area contributed by atoms with E-state index in [9.17, 15) is 0 Å². The van der Waals surface area contributed by atoms with Crippen LogP contribution in [0.2, 0.25) is 5.02 Å². The monoisotopic (exact) mass is 350 g/mol. The number of benzene rings is 2. The van der Waals surface area contributed by atoms with Gasteiger partial charge < -0.3 is 0 Å². The van der Waals surface area contributed by atoms with Crippen LogP contribution in [0.5, 0.6) is 0 Å². The van der Waals surface area contributed by atoms with Gasteiger partial charge >= 0.3 is 0 Å². The van der Waals surface area contributed by atoms with E-state index in [0.29, 0.717) is 5.92 Å². The first-order chi connectivity index (χ1) is 12.2. The van der Waals surface area contributed by atoms with Gasteiger partial charge in [-0.3, -0.25) is 0 Å². The van der Waals surface area contributed by atoms with Gasteiger partial charge in [0.25, 0.3) is 0 Å². The normalized spacial score (nSPS) is 19.9. The molecule has 130 valence electrons. The molecular formula is C24H27Cl. The molecule has 0 bridgehead atoms. The molecule has 0 unspecified atom stereocenters. The molecule has 1 heteroatoms. The van der Waals surface area contributed by atoms with Gasteiger partial charge in [0.2, 0.25) is 0 Å². The topological polar surface area (TPSA) is 0 Å². The molecule has 0 aliphatic heterocycles. The van der Waals surface area contributed by atoms with E-state index in [4.69, 9.17) is 11.6 Å². The molecule has 1 aliphatic carbocycles. The van der Waals surface area contributed by atoms with Crippen molar-refractivity contribution in [1.82, 2.24) is 0 Å². The summed E-state index contributed by atoms with van der Waals surface area (Å²) >= 11 is 5.95. The Balaban J connectivity index is 1.56. The number of halogens is 1. The molecule has 2 aromatic rings. The first-order valence-corrected chi connectivity index (χ1v) is 10.00. The zero-order valence-corrected chi connectivity index (χ0v) is 15.9. The van der Waals surface area contributed by atoms with Crippen molar-refractivity contribution in [3.63, 3.8) is 0 Å². The highest BCUT2D eigenvalue weighted by Gasteiger charge is 2.19. The van der Waals surface area contributed by atoms with Gasteiger partial charge in [-0.2, -0.15) is 0 Å². The molecule has 0 nitrogen and oxygen atoms in total. The maximum atomic E-state index is 5.95. The predicted molar refractivity (Wildman–Crippen MR) is 109 cm³/mol. The van der Waals surface area contributed by atoms with E-state index in [1.54, 1.807) is 0 Å². The molecular weight excluding hydrogens is 324 g/mol. The third-order valence-corrected chi connectivity index (χ3v) is 5.55. The maximum absolute atomic E-state index is 5.95. The zero-order valence-electron chi connectivity index (χ0n) is 15.1. The van der Waals surface area contributed by atoms with Crippen molar-refractivity contribution in [1.29, 1.82) is 0 Å². The van der Waals surface area contributed by atoms with Crippen LogP contribution in [0.3, 0.4) is 0 Å². The lowest BCUT2D eigenvalue weighted by Gasteiger charge is -2.25. The standard InChI is InChI=1S/C24H27Cl/c1-2-3-4-19-5-7-20(8-6-19)9-10-21-11-13-22(14-12-21)23-15-17-24(25)18-16-23/h11-20H,2-8H2,1H3/t19-,20-. The minimum Gasteiger partial charge on any atom is -0.0945 e. The van der Waals surface area contributed by atoms with Crippen LogP contribution in [0.1, 0.15) is 57.4 Å². The molecule has 0 radical (unpaired) electrons. The average Bonchev–Trinajstić information content (AvgIpc) is 2.67. The number of unbranched alkanes of at least 4 members (excludes halogenated alkanes) is 1. The van der Waals surface area contributed by atoms with Crippen molar-refractivity contribution in [2.75, 3.05) is 0 Å². The summed E-state index contributed by atoms with van der Waals surface area (Å²) in [4.78, 5) is 0. The van der Waals surface area contributed by atoms with E-state index in [-0.39, 0.29) is 0 Å². The van der Waals surface area contributed by atoms with Gasteiger partial charge in [-0.25, -0.2) is 0 Å². The van der Waals surface area contributed by atoms with Gasteiger partial charge in [0.1, 0.15) is 0 Å². The SMILES string of the molecule is CCCC[C@H]1CC[C@H](C#Cc2ccc(-c3ccc(Cl)cc3)cc2)CC1. The Morgan fingerprint density at radius 2 is 1.48 bits per heavy atom. The van der Waals surface area contributed by atoms with E-state index in [2.05, 4.69) is 55.2 Å². The molecule has 0 heterocycles. The second kappa shape index (κ2) is 9.12. The van der Waals surface area contributed by atoms with Gasteiger partial charge in [-0.05, 0) is 67.0 Å². The summed E-state index contributed by atoms with van der Waals surface area (Å²) in [6.07, 6.45) is 9.44. The first kappa shape index (κ1) is 18.1. The third-order valence-electron chi connectivity index (χ3n) is 5.30. The van der Waals surface area contributed by atoms with Crippen LogP contribution < -0.4 is 0 Å². The van der Waals surface area contributed by atoms with Crippen molar-refractivity contribution < 1.29 is 0 Å². The van der Waals surface area contributed by atoms with Crippen molar-refractivity contribution in [3.05, 3.63) is 59.1 Å². The maximum Gasteiger partial charge on any atom is 0.0406 e. The van der Waals surface area contributed by atoms with Gasteiger partial charge in [0.05, 0.1) is 0 Å². The van der Waals surface area contributed by atoms with E-state index in [1.165, 1.54) is 56.1 Å². The average molecular weight is 351 g/mol. The molecule has 25 heavy (non-hydrogen) atoms. The summed E-state index contributed by atoms with van der Waals surface area (Å²) in [6, 6.07) is 16.5. The summed E-state index contributed by atoms with van der Waals surface area (Å²) in [7, 11) is 0. The summed E-state index contributed by atoms with van der Waals surface area (Å²) in [5.74, 6) is 8.45. The highest BCUT2D eigenvalue weighted by atomic mass is 35.5. The lowest BCUT2D eigenvalue weighted by atomic mass is 9.80. The zero-order chi connectivity index (χ0) is 17.5. The summed E-state index contributed by atoms with van der Waals surface area (Å²) in [6.45, 7) is 2.29. The molecule has 0 saturated heterocycles. The van der Waals surface area contributed by atoms with Crippen LogP contribution in [-0.2, 0) is 0 Å². The minimum atomic E-state index is 0.591. The van der Waals surface area contributed by atoms with Gasteiger partial charge in [-0.15, -0.1) is 0 Å². The Kier molecular flexibility index (Phi) is 6.60. The minimum absolute atomic E-state index is 0.591. The second-order valence-corrected chi connectivity index (χ2v) is 7.65. The second-order valence-electron chi connectivity index (χ2n) is 7.21. The summed E-state index contributed by atoms with van der Waals surface area (Å²) < 4.78 is 0. The third kappa shape index (κ3) is 5.38. The van der Waals surface area contributed by atoms with Gasteiger partial charge in [-0.1, -0.05) is 73.9 Å². The molecule has 0 spiro atoms. The Morgan fingerprint density at radius 3 is 2.08 bits per heavy atom. The van der Waals surface area contributed by atoms with E-state index in [0.717, 1.165) is 16.5 Å². The predicted octanol–water partition coefficient (Wildman–Crippen LogP) is 7.36. The molecule has 0 N–H and O–H groups in total. The van der Waals surface area contributed by atoms with Crippen LogP contribution in [-0.4, -0.2) is 0 Å². The lowest BCUT2D eigenvalue weighted by Crippen LogP contribution is -2.13. The van der Waals surface area contributed by atoms with Crippen molar-refractivity contribution >= 4 is 11.6 Å². The molecule has 3 rings (SSSR count). The molecule has 1 fully saturated rings. The van der Waals surface area contributed by atoms with Gasteiger partial charge in [0.15, 0.2) is 0 Å². The molecule has 1 saturated carbocycles. The van der Waals surface area contributed by atoms with E-state index < -0.39 is 0 Å². The molecule has 0 amide bonds. The van der Waals surface area contributed by atoms with Crippen molar-refractivity contribution in [2.45, 2.75) is 51.9 Å². The Labute approximate surface area is 157 Å². The first-order valence-electron chi connectivity index (χ1n) is 9.62. The Morgan fingerprint density at radius 1 is 0.880 bits per heavy atom. The van der Waals surface area contributed by atoms with Crippen molar-refractivity contribution in [2.24, 2.45) is 11.8 Å². The summed E-state index contributed by atoms with van der Waals surface area (Å²) in [5.41, 5.74) is 3.51. The van der Waals surface area contributed by atoms with Crippen LogP contribution in [0.25, 0.3) is 11.1 Å². The fourth-order valence-electron chi connectivity index (χ4n) is 3.66. The lowest BCUT2D eigenvalue weighted by molar-refractivity contribution is 0.296. The van der Waals surface area contributed by atoms with Crippen LogP contribution >= 0.6 is 11.6 Å². The quantitative estimate of drug-likeness (QED) is 0.505. The van der Waals surface area contributed by atoms with Crippen LogP contribution in [0.15, 0.2) is 48.5 Å². The molecule has 0 aromatic heterocycles. The number of hydrogen-bond donors (Lipinski definition) is 0. The Bertz CT molecular complexity index is 707. The van der Waals surface area contributed by atoms with Crippen LogP contribution in [0, 0.1) is 23.7 Å². The number of rotatable bonds is 4. The highest BCUT2D eigenvalue weighted by molar-refractivity contribution is 6.30. The fraction of sp³-hybridized carbons (Fsp3) is 0.417. The smallest absolute Gasteiger partial charge is 0.0406 e. The largest absolute Gasteiger partial charge is 0.0945 e. The van der Waals surface area contributed by atoms with Crippen molar-refractivity contribution in [3.8, 4) is 23.0 Å². The van der Waals surface area contributed by atoms with Crippen LogP contribution in [0.4, 0.5) is 0 Å². The summed E-state index contributed by atoms with van der Waals surface area (Å²) in [5, 5.41) is 0.774. The van der Waals surface area contributed by atoms with E-state index in [1.807, 2.05) is 12.1 Å². The fourth-order valence-corrected chi connectivity index (χ4v) is 3.79. The number of hydrogen-bond acceptors (Lipinski definition) is 0. The molecule has 0 atom stereocenters. The van der Waals surface area contributed by atoms with E-state index >= 15 is 0 Å². The molecule has 1 aliphatic rings. The highest BCUT2D eigenvalue weighted by Crippen LogP contribution is 2.31.